The molecular formula is C17H29ClN4. The van der Waals surface area contributed by atoms with E-state index in [0.29, 0.717) is 17.9 Å². The van der Waals surface area contributed by atoms with E-state index in [-0.39, 0.29) is 12.4 Å². The molecule has 0 radical (unpaired) electrons. The molecule has 0 amide bonds. The molecule has 2 N–H and O–H groups in total. The summed E-state index contributed by atoms with van der Waals surface area (Å²) in [6, 6.07) is 0.382. The lowest BCUT2D eigenvalue weighted by molar-refractivity contribution is 0.374. The molecule has 0 aliphatic heterocycles. The smallest absolute Gasteiger partial charge is 0.154 e. The monoisotopic (exact) mass is 324 g/mol. The fourth-order valence-electron chi connectivity index (χ4n) is 3.78. The van der Waals surface area contributed by atoms with E-state index in [1.807, 2.05) is 0 Å². The first kappa shape index (κ1) is 17.5. The quantitative estimate of drug-likeness (QED) is 0.854. The highest BCUT2D eigenvalue weighted by Gasteiger charge is 2.28. The van der Waals surface area contributed by atoms with Crippen molar-refractivity contribution in [1.82, 2.24) is 14.8 Å². The molecule has 1 aromatic heterocycles. The Morgan fingerprint density at radius 1 is 1.14 bits per heavy atom. The van der Waals surface area contributed by atoms with Gasteiger partial charge in [-0.25, -0.2) is 9.67 Å². The van der Waals surface area contributed by atoms with Gasteiger partial charge in [0.1, 0.15) is 5.82 Å². The number of rotatable bonds is 4. The molecule has 0 atom stereocenters. The van der Waals surface area contributed by atoms with Gasteiger partial charge in [0, 0.05) is 17.9 Å². The lowest BCUT2D eigenvalue weighted by Crippen LogP contribution is -2.27. The summed E-state index contributed by atoms with van der Waals surface area (Å²) in [4.78, 5) is 4.96. The van der Waals surface area contributed by atoms with Gasteiger partial charge in [0.25, 0.3) is 0 Å². The molecule has 0 saturated heterocycles. The van der Waals surface area contributed by atoms with Gasteiger partial charge in [0.2, 0.25) is 0 Å². The molecule has 5 heteroatoms. The summed E-state index contributed by atoms with van der Waals surface area (Å²) in [7, 11) is 0. The maximum atomic E-state index is 6.04. The molecule has 124 valence electrons. The Balaban J connectivity index is 0.00000176. The number of halogens is 1. The van der Waals surface area contributed by atoms with Gasteiger partial charge in [-0.1, -0.05) is 25.0 Å². The summed E-state index contributed by atoms with van der Waals surface area (Å²) in [5.41, 5.74) is 7.19. The largest absolute Gasteiger partial charge is 0.328 e. The predicted molar refractivity (Wildman–Crippen MR) is 92.5 cm³/mol. The molecule has 2 saturated carbocycles. The average Bonchev–Trinajstić information content (AvgIpc) is 3.08. The zero-order valence-electron chi connectivity index (χ0n) is 13.6. The summed E-state index contributed by atoms with van der Waals surface area (Å²) in [5, 5.41) is 4.84. The number of nitrogens with zero attached hydrogens (tertiary/aromatic N) is 3. The minimum absolute atomic E-state index is 0. The fraction of sp³-hybridized carbons (Fsp3) is 0.765. The van der Waals surface area contributed by atoms with Crippen molar-refractivity contribution in [3.8, 4) is 0 Å². The third-order valence-corrected chi connectivity index (χ3v) is 4.99. The Morgan fingerprint density at radius 3 is 2.36 bits per heavy atom. The Labute approximate surface area is 140 Å². The van der Waals surface area contributed by atoms with Crippen LogP contribution >= 0.6 is 12.4 Å². The van der Waals surface area contributed by atoms with Crippen molar-refractivity contribution < 1.29 is 0 Å². The molecule has 0 bridgehead atoms. The second-order valence-electron chi connectivity index (χ2n) is 7.04. The summed E-state index contributed by atoms with van der Waals surface area (Å²) < 4.78 is 2.12. The number of nitrogens with two attached hydrogens (primary N) is 1. The van der Waals surface area contributed by atoms with Crippen molar-refractivity contribution in [3.63, 3.8) is 0 Å². The Hall–Kier alpha value is -0.870. The maximum absolute atomic E-state index is 6.04. The SMILES string of the molecule is C=C(C)Cn1nc(C2CCCC2)nc1C1CCC(N)CC1.Cl. The van der Waals surface area contributed by atoms with Gasteiger partial charge in [-0.3, -0.25) is 0 Å². The molecule has 2 aliphatic carbocycles. The number of hydrogen-bond acceptors (Lipinski definition) is 3. The van der Waals surface area contributed by atoms with Crippen LogP contribution in [0.1, 0.15) is 81.8 Å². The van der Waals surface area contributed by atoms with E-state index in [9.17, 15) is 0 Å². The van der Waals surface area contributed by atoms with Crippen LogP contribution in [-0.2, 0) is 6.54 Å². The van der Waals surface area contributed by atoms with E-state index in [2.05, 4.69) is 18.2 Å². The van der Waals surface area contributed by atoms with Crippen LogP contribution in [-0.4, -0.2) is 20.8 Å². The predicted octanol–water partition coefficient (Wildman–Crippen LogP) is 3.92. The van der Waals surface area contributed by atoms with E-state index in [0.717, 1.165) is 43.6 Å². The van der Waals surface area contributed by atoms with Crippen LogP contribution < -0.4 is 5.73 Å². The second-order valence-corrected chi connectivity index (χ2v) is 7.04. The van der Waals surface area contributed by atoms with Crippen LogP contribution in [0.2, 0.25) is 0 Å². The first-order valence-electron chi connectivity index (χ1n) is 8.48. The lowest BCUT2D eigenvalue weighted by Gasteiger charge is -2.25. The molecule has 0 spiro atoms. The van der Waals surface area contributed by atoms with Gasteiger partial charge in [0.05, 0.1) is 6.54 Å². The minimum atomic E-state index is 0. The first-order chi connectivity index (χ1) is 10.1. The average molecular weight is 325 g/mol. The van der Waals surface area contributed by atoms with Crippen molar-refractivity contribution in [2.75, 3.05) is 0 Å². The fourth-order valence-corrected chi connectivity index (χ4v) is 3.78. The van der Waals surface area contributed by atoms with Gasteiger partial charge >= 0.3 is 0 Å². The minimum Gasteiger partial charge on any atom is -0.328 e. The van der Waals surface area contributed by atoms with Crippen LogP contribution in [0.25, 0.3) is 0 Å². The van der Waals surface area contributed by atoms with Gasteiger partial charge in [0.15, 0.2) is 5.82 Å². The van der Waals surface area contributed by atoms with Crippen molar-refractivity contribution in [2.45, 2.75) is 82.7 Å². The van der Waals surface area contributed by atoms with Crippen molar-refractivity contribution >= 4 is 12.4 Å². The summed E-state index contributed by atoms with van der Waals surface area (Å²) in [6.45, 7) is 6.92. The van der Waals surface area contributed by atoms with Crippen LogP contribution in [0.5, 0.6) is 0 Å². The van der Waals surface area contributed by atoms with Gasteiger partial charge in [-0.15, -0.1) is 12.4 Å². The Morgan fingerprint density at radius 2 is 1.77 bits per heavy atom. The van der Waals surface area contributed by atoms with Crippen LogP contribution in [0.3, 0.4) is 0 Å². The topological polar surface area (TPSA) is 56.7 Å². The maximum Gasteiger partial charge on any atom is 0.154 e. The molecule has 0 unspecified atom stereocenters. The highest BCUT2D eigenvalue weighted by Crippen LogP contribution is 2.35. The zero-order valence-corrected chi connectivity index (χ0v) is 14.4. The van der Waals surface area contributed by atoms with E-state index >= 15 is 0 Å². The van der Waals surface area contributed by atoms with E-state index in [1.165, 1.54) is 31.5 Å². The van der Waals surface area contributed by atoms with Gasteiger partial charge in [-0.2, -0.15) is 5.10 Å². The van der Waals surface area contributed by atoms with Gasteiger partial charge in [-0.05, 0) is 45.4 Å². The molecule has 1 heterocycles. The number of allylic oxidation sites excluding steroid dienone is 1. The summed E-state index contributed by atoms with van der Waals surface area (Å²) in [6.07, 6.45) is 9.70. The van der Waals surface area contributed by atoms with Crippen molar-refractivity contribution in [2.24, 2.45) is 5.73 Å². The summed E-state index contributed by atoms with van der Waals surface area (Å²) >= 11 is 0. The second kappa shape index (κ2) is 7.60. The summed E-state index contributed by atoms with van der Waals surface area (Å²) in [5.74, 6) is 3.39. The number of aromatic nitrogens is 3. The van der Waals surface area contributed by atoms with Crippen LogP contribution in [0.15, 0.2) is 12.2 Å². The highest BCUT2D eigenvalue weighted by molar-refractivity contribution is 5.85. The van der Waals surface area contributed by atoms with Gasteiger partial charge < -0.3 is 5.73 Å². The Bertz CT molecular complexity index is 497. The molecule has 2 fully saturated rings. The number of hydrogen-bond donors (Lipinski definition) is 1. The molecule has 22 heavy (non-hydrogen) atoms. The van der Waals surface area contributed by atoms with Crippen LogP contribution in [0.4, 0.5) is 0 Å². The molecular weight excluding hydrogens is 296 g/mol. The van der Waals surface area contributed by atoms with Crippen molar-refractivity contribution in [1.29, 1.82) is 0 Å². The van der Waals surface area contributed by atoms with E-state index < -0.39 is 0 Å². The van der Waals surface area contributed by atoms with Crippen LogP contribution in [0, 0.1) is 0 Å². The lowest BCUT2D eigenvalue weighted by atomic mass is 9.86. The van der Waals surface area contributed by atoms with E-state index in [4.69, 9.17) is 15.8 Å². The first-order valence-corrected chi connectivity index (χ1v) is 8.48. The molecule has 2 aliphatic rings. The van der Waals surface area contributed by atoms with E-state index in [1.54, 1.807) is 0 Å². The van der Waals surface area contributed by atoms with Crippen molar-refractivity contribution in [3.05, 3.63) is 23.8 Å². The third kappa shape index (κ3) is 3.90. The molecule has 0 aromatic carbocycles. The third-order valence-electron chi connectivity index (χ3n) is 4.99. The zero-order chi connectivity index (χ0) is 14.8. The standard InChI is InChI=1S/C17H28N4.ClH/c1-12(2)11-21-17(14-7-9-15(18)10-8-14)19-16(20-21)13-5-3-4-6-13;/h13-15H,1,3-11,18H2,2H3;1H. The highest BCUT2D eigenvalue weighted by atomic mass is 35.5. The molecule has 1 aromatic rings. The normalized spacial score (nSPS) is 25.9. The molecule has 4 nitrogen and oxygen atoms in total. The Kier molecular flexibility index (Phi) is 6.04. The molecule has 3 rings (SSSR count).